The lowest BCUT2D eigenvalue weighted by Gasteiger charge is -2.19. The van der Waals surface area contributed by atoms with E-state index < -0.39 is 0 Å². The predicted molar refractivity (Wildman–Crippen MR) is 123 cm³/mol. The van der Waals surface area contributed by atoms with Crippen molar-refractivity contribution in [3.8, 4) is 10.7 Å². The molecule has 31 heavy (non-hydrogen) atoms. The molecule has 0 fully saturated rings. The molecule has 0 bridgehead atoms. The van der Waals surface area contributed by atoms with E-state index in [-0.39, 0.29) is 0 Å². The number of hydrogen-bond donors (Lipinski definition) is 0. The second-order valence-electron chi connectivity index (χ2n) is 7.98. The molecule has 0 radical (unpaired) electrons. The maximum atomic E-state index is 5.82. The molecular weight excluding hydrogens is 426 g/mol. The van der Waals surface area contributed by atoms with Crippen LogP contribution in [0.5, 0.6) is 0 Å². The van der Waals surface area contributed by atoms with Gasteiger partial charge in [0.15, 0.2) is 11.0 Å². The SMILES string of the molecule is CCC1CCc2sc(-c3nnc(SCc4nnc(Cc5ccccc5)o4)n3C)cc2C1. The van der Waals surface area contributed by atoms with Crippen molar-refractivity contribution < 1.29 is 4.42 Å². The first kappa shape index (κ1) is 20.5. The predicted octanol–water partition coefficient (Wildman–Crippen LogP) is 5.32. The number of aryl methyl sites for hydroxylation is 1. The average molecular weight is 452 g/mol. The summed E-state index contributed by atoms with van der Waals surface area (Å²) < 4.78 is 7.89. The first-order chi connectivity index (χ1) is 15.2. The van der Waals surface area contributed by atoms with E-state index in [4.69, 9.17) is 4.42 Å². The number of hydrogen-bond acceptors (Lipinski definition) is 7. The Morgan fingerprint density at radius 3 is 2.81 bits per heavy atom. The molecule has 0 aliphatic heterocycles. The molecule has 0 amide bonds. The number of benzene rings is 1. The summed E-state index contributed by atoms with van der Waals surface area (Å²) in [5, 5.41) is 18.1. The van der Waals surface area contributed by atoms with E-state index in [2.05, 4.69) is 50.1 Å². The van der Waals surface area contributed by atoms with Crippen molar-refractivity contribution in [1.82, 2.24) is 25.0 Å². The van der Waals surface area contributed by atoms with Crippen molar-refractivity contribution >= 4 is 23.1 Å². The second-order valence-corrected chi connectivity index (χ2v) is 10.1. The molecule has 4 aromatic rings. The summed E-state index contributed by atoms with van der Waals surface area (Å²) in [6, 6.07) is 12.5. The van der Waals surface area contributed by atoms with E-state index in [0.717, 1.165) is 22.5 Å². The molecule has 3 aromatic heterocycles. The van der Waals surface area contributed by atoms with Crippen LogP contribution in [-0.2, 0) is 32.1 Å². The van der Waals surface area contributed by atoms with E-state index in [9.17, 15) is 0 Å². The van der Waals surface area contributed by atoms with Crippen LogP contribution in [0, 0.1) is 5.92 Å². The van der Waals surface area contributed by atoms with Gasteiger partial charge in [0.1, 0.15) is 0 Å². The molecule has 6 nitrogen and oxygen atoms in total. The van der Waals surface area contributed by atoms with Gasteiger partial charge in [-0.15, -0.1) is 31.7 Å². The van der Waals surface area contributed by atoms with Gasteiger partial charge >= 0.3 is 0 Å². The van der Waals surface area contributed by atoms with Crippen LogP contribution < -0.4 is 0 Å². The molecule has 0 N–H and O–H groups in total. The van der Waals surface area contributed by atoms with Crippen LogP contribution in [0.1, 0.15) is 47.6 Å². The Labute approximate surface area is 190 Å². The molecule has 1 aliphatic rings. The fourth-order valence-corrected chi connectivity index (χ4v) is 6.00. The van der Waals surface area contributed by atoms with Gasteiger partial charge in [0.05, 0.1) is 17.1 Å². The number of nitrogens with zero attached hydrogens (tertiary/aromatic N) is 5. The minimum absolute atomic E-state index is 0.576. The zero-order valence-corrected chi connectivity index (χ0v) is 19.4. The molecule has 160 valence electrons. The molecule has 0 saturated carbocycles. The largest absolute Gasteiger partial charge is 0.424 e. The van der Waals surface area contributed by atoms with Crippen molar-refractivity contribution in [2.45, 2.75) is 49.9 Å². The Kier molecular flexibility index (Phi) is 5.91. The van der Waals surface area contributed by atoms with Crippen LogP contribution in [0.25, 0.3) is 10.7 Å². The monoisotopic (exact) mass is 451 g/mol. The van der Waals surface area contributed by atoms with E-state index in [1.807, 2.05) is 36.6 Å². The fraction of sp³-hybridized carbons (Fsp3) is 0.391. The van der Waals surface area contributed by atoms with Crippen LogP contribution in [0.15, 0.2) is 46.0 Å². The highest BCUT2D eigenvalue weighted by atomic mass is 32.2. The lowest BCUT2D eigenvalue weighted by molar-refractivity contribution is 0.449. The number of thioether (sulfide) groups is 1. The molecular formula is C23H25N5OS2. The molecule has 1 unspecified atom stereocenters. The maximum absolute atomic E-state index is 5.82. The van der Waals surface area contributed by atoms with Gasteiger partial charge in [-0.1, -0.05) is 55.4 Å². The van der Waals surface area contributed by atoms with Crippen molar-refractivity contribution in [3.63, 3.8) is 0 Å². The zero-order chi connectivity index (χ0) is 21.2. The van der Waals surface area contributed by atoms with Crippen LogP contribution in [-0.4, -0.2) is 25.0 Å². The van der Waals surface area contributed by atoms with E-state index >= 15 is 0 Å². The van der Waals surface area contributed by atoms with Gasteiger partial charge in [-0.05, 0) is 42.4 Å². The van der Waals surface area contributed by atoms with Gasteiger partial charge < -0.3 is 8.98 Å². The second kappa shape index (κ2) is 8.96. The highest BCUT2D eigenvalue weighted by Gasteiger charge is 2.22. The Morgan fingerprint density at radius 1 is 1.13 bits per heavy atom. The summed E-state index contributed by atoms with van der Waals surface area (Å²) in [6.45, 7) is 2.29. The van der Waals surface area contributed by atoms with Crippen molar-refractivity contribution in [2.24, 2.45) is 13.0 Å². The highest BCUT2D eigenvalue weighted by Crippen LogP contribution is 2.38. The van der Waals surface area contributed by atoms with Crippen LogP contribution in [0.4, 0.5) is 0 Å². The summed E-state index contributed by atoms with van der Waals surface area (Å²) in [5.41, 5.74) is 2.67. The van der Waals surface area contributed by atoms with E-state index in [1.165, 1.54) is 41.0 Å². The van der Waals surface area contributed by atoms with Gasteiger partial charge in [0.2, 0.25) is 11.8 Å². The summed E-state index contributed by atoms with van der Waals surface area (Å²) in [6.07, 6.45) is 5.61. The molecule has 1 aromatic carbocycles. The smallest absolute Gasteiger partial charge is 0.226 e. The van der Waals surface area contributed by atoms with E-state index in [1.54, 1.807) is 11.8 Å². The van der Waals surface area contributed by atoms with Gasteiger partial charge in [-0.2, -0.15) is 0 Å². The molecule has 3 heterocycles. The minimum atomic E-state index is 0.576. The molecule has 5 rings (SSSR count). The molecule has 8 heteroatoms. The Morgan fingerprint density at radius 2 is 1.97 bits per heavy atom. The summed E-state index contributed by atoms with van der Waals surface area (Å²) in [5.74, 6) is 3.58. The lowest BCUT2D eigenvalue weighted by Crippen LogP contribution is -2.10. The molecule has 0 spiro atoms. The Balaban J connectivity index is 1.25. The lowest BCUT2D eigenvalue weighted by atomic mass is 9.87. The number of fused-ring (bicyclic) bond motifs is 1. The zero-order valence-electron chi connectivity index (χ0n) is 17.7. The number of thiophene rings is 1. The topological polar surface area (TPSA) is 69.6 Å². The van der Waals surface area contributed by atoms with Crippen molar-refractivity contribution in [2.75, 3.05) is 0 Å². The standard InChI is InChI=1S/C23H25N5OS2/c1-3-15-9-10-18-17(11-15)13-19(31-18)22-26-27-23(28(22)2)30-14-21-25-24-20(29-21)12-16-7-5-4-6-8-16/h4-8,13,15H,3,9-12,14H2,1-2H3. The first-order valence-corrected chi connectivity index (χ1v) is 12.5. The third kappa shape index (κ3) is 4.45. The van der Waals surface area contributed by atoms with Gasteiger partial charge in [0, 0.05) is 11.9 Å². The average Bonchev–Trinajstić information content (AvgIpc) is 3.50. The Bertz CT molecular complexity index is 1160. The summed E-state index contributed by atoms with van der Waals surface area (Å²) in [4.78, 5) is 2.74. The third-order valence-electron chi connectivity index (χ3n) is 5.85. The molecule has 1 aliphatic carbocycles. The quantitative estimate of drug-likeness (QED) is 0.354. The highest BCUT2D eigenvalue weighted by molar-refractivity contribution is 7.98. The van der Waals surface area contributed by atoms with Crippen LogP contribution in [0.2, 0.25) is 0 Å². The Hall–Kier alpha value is -2.45. The van der Waals surface area contributed by atoms with Gasteiger partial charge in [-0.25, -0.2) is 0 Å². The summed E-state index contributed by atoms with van der Waals surface area (Å²) >= 11 is 3.45. The first-order valence-electron chi connectivity index (χ1n) is 10.7. The number of aromatic nitrogens is 5. The summed E-state index contributed by atoms with van der Waals surface area (Å²) in [7, 11) is 2.03. The minimum Gasteiger partial charge on any atom is -0.424 e. The van der Waals surface area contributed by atoms with Crippen molar-refractivity contribution in [1.29, 1.82) is 0 Å². The number of rotatable bonds is 7. The third-order valence-corrected chi connectivity index (χ3v) is 8.09. The fourth-order valence-electron chi connectivity index (χ4n) is 4.03. The normalized spacial score (nSPS) is 15.9. The van der Waals surface area contributed by atoms with Crippen molar-refractivity contribution in [3.05, 3.63) is 64.2 Å². The molecule has 1 atom stereocenters. The maximum Gasteiger partial charge on any atom is 0.226 e. The van der Waals surface area contributed by atoms with Crippen LogP contribution in [0.3, 0.4) is 0 Å². The van der Waals surface area contributed by atoms with Gasteiger partial charge in [0.25, 0.3) is 0 Å². The van der Waals surface area contributed by atoms with E-state index in [0.29, 0.717) is 24.0 Å². The van der Waals surface area contributed by atoms with Gasteiger partial charge in [-0.3, -0.25) is 0 Å². The molecule has 0 saturated heterocycles. The van der Waals surface area contributed by atoms with Crippen LogP contribution >= 0.6 is 23.1 Å².